The Morgan fingerprint density at radius 3 is 2.65 bits per heavy atom. The summed E-state index contributed by atoms with van der Waals surface area (Å²) in [5.74, 6) is 1.79. The van der Waals surface area contributed by atoms with Gasteiger partial charge in [0.05, 0.1) is 19.4 Å². The second-order valence-corrected chi connectivity index (χ2v) is 8.92. The molecule has 0 bridgehead atoms. The molecular formula is C27H34N2O2. The molecular weight excluding hydrogens is 384 g/mol. The normalized spacial score (nSPS) is 16.4. The minimum absolute atomic E-state index is 0.705. The number of para-hydroxylation sites is 1. The van der Waals surface area contributed by atoms with Crippen LogP contribution in [0.1, 0.15) is 44.1 Å². The van der Waals surface area contributed by atoms with Crippen molar-refractivity contribution in [3.05, 3.63) is 48.0 Å². The van der Waals surface area contributed by atoms with Gasteiger partial charge in [0.2, 0.25) is 0 Å². The summed E-state index contributed by atoms with van der Waals surface area (Å²) in [4.78, 5) is 2.65. The predicted molar refractivity (Wildman–Crippen MR) is 127 cm³/mol. The van der Waals surface area contributed by atoms with Crippen LogP contribution in [0.5, 0.6) is 11.5 Å². The summed E-state index contributed by atoms with van der Waals surface area (Å²) in [6.07, 6.45) is 8.92. The average molecular weight is 419 g/mol. The minimum Gasteiger partial charge on any atom is -0.497 e. The van der Waals surface area contributed by atoms with E-state index in [1.807, 2.05) is 6.07 Å². The number of likely N-dealkylation sites (tertiary alicyclic amines) is 1. The lowest BCUT2D eigenvalue weighted by Gasteiger charge is -2.26. The molecule has 2 aromatic carbocycles. The zero-order chi connectivity index (χ0) is 21.0. The molecule has 1 fully saturated rings. The molecule has 0 unspecified atom stereocenters. The van der Waals surface area contributed by atoms with E-state index in [2.05, 4.69) is 45.9 Å². The fourth-order valence-electron chi connectivity index (χ4n) is 5.34. The first-order chi connectivity index (χ1) is 15.3. The van der Waals surface area contributed by atoms with Crippen LogP contribution in [0.4, 0.5) is 0 Å². The van der Waals surface area contributed by atoms with Crippen LogP contribution in [0.15, 0.2) is 42.5 Å². The molecule has 1 saturated heterocycles. The largest absolute Gasteiger partial charge is 0.497 e. The summed E-state index contributed by atoms with van der Waals surface area (Å²) < 4.78 is 14.1. The van der Waals surface area contributed by atoms with Gasteiger partial charge in [-0.3, -0.25) is 0 Å². The number of rotatable bonds is 7. The van der Waals surface area contributed by atoms with Crippen molar-refractivity contribution in [1.82, 2.24) is 9.47 Å². The van der Waals surface area contributed by atoms with E-state index in [1.165, 1.54) is 85.9 Å². The topological polar surface area (TPSA) is 26.6 Å². The summed E-state index contributed by atoms with van der Waals surface area (Å²) in [5.41, 5.74) is 5.31. The van der Waals surface area contributed by atoms with Gasteiger partial charge in [-0.2, -0.15) is 0 Å². The van der Waals surface area contributed by atoms with Gasteiger partial charge < -0.3 is 18.9 Å². The Kier molecular flexibility index (Phi) is 6.17. The van der Waals surface area contributed by atoms with E-state index in [0.717, 1.165) is 24.5 Å². The lowest BCUT2D eigenvalue weighted by molar-refractivity contribution is 0.224. The summed E-state index contributed by atoms with van der Waals surface area (Å²) in [6, 6.07) is 15.1. The first kappa shape index (κ1) is 20.4. The van der Waals surface area contributed by atoms with Crippen LogP contribution in [-0.2, 0) is 13.0 Å². The predicted octanol–water partition coefficient (Wildman–Crippen LogP) is 5.91. The molecule has 0 atom stereocenters. The standard InChI is InChI=1S/C27H34N2O2/c1-30-21-12-13-24-26(20-21)31-19-14-23-22-10-4-5-11-25(22)29(27(23)24)18-9-3-8-17-28-15-6-2-7-16-28/h4-5,10-13,20H,2-3,6-9,14-19H2,1H3. The van der Waals surface area contributed by atoms with Crippen LogP contribution in [0, 0.1) is 0 Å². The summed E-state index contributed by atoms with van der Waals surface area (Å²) in [6.45, 7) is 5.63. The Hall–Kier alpha value is -2.46. The molecule has 0 aliphatic carbocycles. The van der Waals surface area contributed by atoms with Gasteiger partial charge in [0, 0.05) is 35.5 Å². The molecule has 0 saturated carbocycles. The third-order valence-electron chi connectivity index (χ3n) is 6.93. The van der Waals surface area contributed by atoms with Gasteiger partial charge in [-0.05, 0) is 69.1 Å². The van der Waals surface area contributed by atoms with E-state index in [1.54, 1.807) is 7.11 Å². The number of benzene rings is 2. The number of piperidine rings is 1. The van der Waals surface area contributed by atoms with E-state index in [-0.39, 0.29) is 0 Å². The maximum Gasteiger partial charge on any atom is 0.132 e. The molecule has 1 aromatic heterocycles. The molecule has 164 valence electrons. The van der Waals surface area contributed by atoms with Gasteiger partial charge in [-0.1, -0.05) is 31.0 Å². The minimum atomic E-state index is 0.705. The molecule has 4 heteroatoms. The third-order valence-corrected chi connectivity index (χ3v) is 6.93. The van der Waals surface area contributed by atoms with Gasteiger partial charge in [-0.25, -0.2) is 0 Å². The van der Waals surface area contributed by atoms with Crippen LogP contribution < -0.4 is 9.47 Å². The molecule has 2 aliphatic rings. The number of aryl methyl sites for hydroxylation is 1. The molecule has 31 heavy (non-hydrogen) atoms. The smallest absolute Gasteiger partial charge is 0.132 e. The van der Waals surface area contributed by atoms with Crippen LogP contribution in [0.3, 0.4) is 0 Å². The highest BCUT2D eigenvalue weighted by atomic mass is 16.5. The Labute approximate surface area is 185 Å². The van der Waals surface area contributed by atoms with Crippen LogP contribution in [0.25, 0.3) is 22.2 Å². The van der Waals surface area contributed by atoms with Gasteiger partial charge in [0.25, 0.3) is 0 Å². The Balaban J connectivity index is 1.40. The number of nitrogens with zero attached hydrogens (tertiary/aromatic N) is 2. The van der Waals surface area contributed by atoms with Crippen LogP contribution in [0.2, 0.25) is 0 Å². The molecule has 0 radical (unpaired) electrons. The monoisotopic (exact) mass is 418 g/mol. The van der Waals surface area contributed by atoms with E-state index < -0.39 is 0 Å². The van der Waals surface area contributed by atoms with Gasteiger partial charge in [-0.15, -0.1) is 0 Å². The quantitative estimate of drug-likeness (QED) is 0.446. The number of methoxy groups -OCH3 is 1. The average Bonchev–Trinajstić information content (AvgIpc) is 3.00. The molecule has 0 spiro atoms. The Morgan fingerprint density at radius 1 is 0.935 bits per heavy atom. The fourth-order valence-corrected chi connectivity index (χ4v) is 5.34. The number of hydrogen-bond donors (Lipinski definition) is 0. The van der Waals surface area contributed by atoms with Gasteiger partial charge in [0.15, 0.2) is 0 Å². The number of unbranched alkanes of at least 4 members (excludes halogenated alkanes) is 2. The Bertz CT molecular complexity index is 1030. The maximum absolute atomic E-state index is 6.15. The van der Waals surface area contributed by atoms with Crippen molar-refractivity contribution in [3.63, 3.8) is 0 Å². The summed E-state index contributed by atoms with van der Waals surface area (Å²) in [5, 5.41) is 1.37. The molecule has 0 N–H and O–H groups in total. The first-order valence-corrected chi connectivity index (χ1v) is 12.0. The highest BCUT2D eigenvalue weighted by molar-refractivity contribution is 5.93. The highest BCUT2D eigenvalue weighted by Crippen LogP contribution is 2.42. The number of fused-ring (bicyclic) bond motifs is 5. The van der Waals surface area contributed by atoms with E-state index in [4.69, 9.17) is 9.47 Å². The fraction of sp³-hybridized carbons (Fsp3) is 0.481. The number of ether oxygens (including phenoxy) is 2. The number of hydrogen-bond acceptors (Lipinski definition) is 3. The van der Waals surface area contributed by atoms with Gasteiger partial charge in [0.1, 0.15) is 11.5 Å². The third kappa shape index (κ3) is 4.18. The maximum atomic E-state index is 6.15. The molecule has 4 nitrogen and oxygen atoms in total. The Morgan fingerprint density at radius 2 is 1.77 bits per heavy atom. The first-order valence-electron chi connectivity index (χ1n) is 12.0. The van der Waals surface area contributed by atoms with Gasteiger partial charge >= 0.3 is 0 Å². The van der Waals surface area contributed by atoms with Crippen molar-refractivity contribution in [3.8, 4) is 22.8 Å². The summed E-state index contributed by atoms with van der Waals surface area (Å²) >= 11 is 0. The molecule has 0 amide bonds. The SMILES string of the molecule is COc1ccc2c(c1)OCCc1c-2n(CCCCCN2CCCCC2)c2ccccc12. The molecule has 2 aliphatic heterocycles. The zero-order valence-electron chi connectivity index (χ0n) is 18.7. The van der Waals surface area contributed by atoms with Crippen molar-refractivity contribution in [2.75, 3.05) is 33.4 Å². The molecule has 3 heterocycles. The van der Waals surface area contributed by atoms with E-state index in [0.29, 0.717) is 6.61 Å². The highest BCUT2D eigenvalue weighted by Gasteiger charge is 2.24. The lowest BCUT2D eigenvalue weighted by atomic mass is 10.0. The zero-order valence-corrected chi connectivity index (χ0v) is 18.7. The van der Waals surface area contributed by atoms with Crippen molar-refractivity contribution in [1.29, 1.82) is 0 Å². The van der Waals surface area contributed by atoms with Crippen LogP contribution >= 0.6 is 0 Å². The van der Waals surface area contributed by atoms with Crippen LogP contribution in [-0.4, -0.2) is 42.8 Å². The van der Waals surface area contributed by atoms with Crippen molar-refractivity contribution >= 4 is 10.9 Å². The van der Waals surface area contributed by atoms with E-state index >= 15 is 0 Å². The van der Waals surface area contributed by atoms with Crippen molar-refractivity contribution < 1.29 is 9.47 Å². The lowest BCUT2D eigenvalue weighted by Crippen LogP contribution is -2.30. The van der Waals surface area contributed by atoms with Crippen molar-refractivity contribution in [2.24, 2.45) is 0 Å². The molecule has 3 aromatic rings. The summed E-state index contributed by atoms with van der Waals surface area (Å²) in [7, 11) is 1.71. The molecule has 5 rings (SSSR count). The second kappa shape index (κ2) is 9.35. The van der Waals surface area contributed by atoms with E-state index in [9.17, 15) is 0 Å². The number of aromatic nitrogens is 1. The van der Waals surface area contributed by atoms with Crippen molar-refractivity contribution in [2.45, 2.75) is 51.5 Å². The second-order valence-electron chi connectivity index (χ2n) is 8.92.